The molecule has 29 heavy (non-hydrogen) atoms. The van der Waals surface area contributed by atoms with Gasteiger partial charge in [-0.15, -0.1) is 0 Å². The molecule has 164 valence electrons. The quantitative estimate of drug-likeness (QED) is 0.684. The number of hydrogen-bond acceptors (Lipinski definition) is 6. The van der Waals surface area contributed by atoms with Crippen molar-refractivity contribution < 1.29 is 14.3 Å². The van der Waals surface area contributed by atoms with Gasteiger partial charge in [-0.3, -0.25) is 19.4 Å². The smallest absolute Gasteiger partial charge is 0.239 e. The van der Waals surface area contributed by atoms with Gasteiger partial charge in [0.15, 0.2) is 0 Å². The molecule has 4 heterocycles. The van der Waals surface area contributed by atoms with Gasteiger partial charge in [0.2, 0.25) is 11.8 Å². The number of carbonyl (C=O) groups excluding carboxylic acids is 2. The summed E-state index contributed by atoms with van der Waals surface area (Å²) < 4.78 is 5.52. The average Bonchev–Trinajstić information content (AvgIpc) is 3.15. The second kappa shape index (κ2) is 9.29. The van der Waals surface area contributed by atoms with Gasteiger partial charge in [-0.05, 0) is 39.8 Å². The molecule has 0 aromatic rings. The SMILES string of the molecule is CN1CCN(C(=O)CCC2CNC(=O)C3C(CCN3C3CCOCC3)N2C)CC1. The number of nitrogens with one attached hydrogen (secondary N) is 1. The lowest BCUT2D eigenvalue weighted by atomic mass is 10.0. The Balaban J connectivity index is 1.35. The Morgan fingerprint density at radius 1 is 1.07 bits per heavy atom. The largest absolute Gasteiger partial charge is 0.381 e. The van der Waals surface area contributed by atoms with E-state index < -0.39 is 0 Å². The molecule has 0 radical (unpaired) electrons. The van der Waals surface area contributed by atoms with Crippen LogP contribution in [0.4, 0.5) is 0 Å². The van der Waals surface area contributed by atoms with Gasteiger partial charge in [0.25, 0.3) is 0 Å². The van der Waals surface area contributed by atoms with Crippen molar-refractivity contribution in [3.05, 3.63) is 0 Å². The van der Waals surface area contributed by atoms with E-state index in [1.165, 1.54) is 0 Å². The Bertz CT molecular complexity index is 589. The molecular weight excluding hydrogens is 370 g/mol. The molecule has 4 fully saturated rings. The van der Waals surface area contributed by atoms with Crippen molar-refractivity contribution in [2.45, 2.75) is 56.3 Å². The summed E-state index contributed by atoms with van der Waals surface area (Å²) in [7, 11) is 4.25. The third-order valence-electron chi connectivity index (χ3n) is 7.49. The molecule has 3 unspecified atom stereocenters. The molecular formula is C21H37N5O3. The van der Waals surface area contributed by atoms with Crippen LogP contribution in [0, 0.1) is 0 Å². The van der Waals surface area contributed by atoms with Gasteiger partial charge in [0.1, 0.15) is 6.04 Å². The van der Waals surface area contributed by atoms with Crippen LogP contribution in [-0.2, 0) is 14.3 Å². The van der Waals surface area contributed by atoms with Gasteiger partial charge in [0, 0.05) is 77.0 Å². The molecule has 4 rings (SSSR count). The third kappa shape index (κ3) is 4.60. The van der Waals surface area contributed by atoms with E-state index in [0.29, 0.717) is 19.0 Å². The second-order valence-corrected chi connectivity index (χ2v) is 9.17. The minimum absolute atomic E-state index is 0.0681. The highest BCUT2D eigenvalue weighted by atomic mass is 16.5. The molecule has 3 atom stereocenters. The number of likely N-dealkylation sites (N-methyl/N-ethyl adjacent to an activating group) is 2. The number of carbonyl (C=O) groups is 2. The fourth-order valence-corrected chi connectivity index (χ4v) is 5.53. The van der Waals surface area contributed by atoms with E-state index in [9.17, 15) is 9.59 Å². The predicted octanol–water partition coefficient (Wildman–Crippen LogP) is -0.407. The molecule has 2 amide bonds. The fourth-order valence-electron chi connectivity index (χ4n) is 5.53. The zero-order valence-corrected chi connectivity index (χ0v) is 18.0. The minimum Gasteiger partial charge on any atom is -0.381 e. The summed E-state index contributed by atoms with van der Waals surface area (Å²) >= 11 is 0. The lowest BCUT2D eigenvalue weighted by molar-refractivity contribution is -0.133. The van der Waals surface area contributed by atoms with Crippen molar-refractivity contribution in [1.82, 2.24) is 24.9 Å². The number of fused-ring (bicyclic) bond motifs is 1. The highest BCUT2D eigenvalue weighted by molar-refractivity contribution is 5.83. The van der Waals surface area contributed by atoms with Crippen LogP contribution >= 0.6 is 0 Å². The summed E-state index contributed by atoms with van der Waals surface area (Å²) in [6, 6.07) is 0.846. The lowest BCUT2D eigenvalue weighted by Crippen LogP contribution is -2.53. The first-order chi connectivity index (χ1) is 14.0. The van der Waals surface area contributed by atoms with E-state index in [-0.39, 0.29) is 29.9 Å². The van der Waals surface area contributed by atoms with Gasteiger partial charge < -0.3 is 19.9 Å². The van der Waals surface area contributed by atoms with Crippen molar-refractivity contribution in [3.8, 4) is 0 Å². The van der Waals surface area contributed by atoms with E-state index in [1.54, 1.807) is 0 Å². The molecule has 0 bridgehead atoms. The summed E-state index contributed by atoms with van der Waals surface area (Å²) in [5.74, 6) is 0.424. The molecule has 0 aliphatic carbocycles. The Hall–Kier alpha value is -1.22. The first kappa shape index (κ1) is 21.0. The van der Waals surface area contributed by atoms with Crippen molar-refractivity contribution >= 4 is 11.8 Å². The number of rotatable bonds is 4. The van der Waals surface area contributed by atoms with E-state index in [0.717, 1.165) is 71.6 Å². The number of piperazine rings is 1. The molecule has 0 spiro atoms. The Labute approximate surface area is 174 Å². The zero-order chi connectivity index (χ0) is 20.4. The standard InChI is InChI=1S/C21H37N5O3/c1-23-9-11-25(12-10-23)19(27)4-3-17-15-22-21(28)20-18(24(17)2)5-8-26(20)16-6-13-29-14-7-16/h16-18,20H,3-15H2,1-2H3,(H,22,28). The van der Waals surface area contributed by atoms with Gasteiger partial charge in [-0.2, -0.15) is 0 Å². The molecule has 0 aromatic heterocycles. The monoisotopic (exact) mass is 407 g/mol. The number of amides is 2. The number of ether oxygens (including phenoxy) is 1. The summed E-state index contributed by atoms with van der Waals surface area (Å²) in [4.78, 5) is 34.7. The molecule has 0 aromatic carbocycles. The number of hydrogen-bond donors (Lipinski definition) is 1. The Morgan fingerprint density at radius 3 is 2.52 bits per heavy atom. The van der Waals surface area contributed by atoms with Gasteiger partial charge in [-0.1, -0.05) is 0 Å². The molecule has 4 aliphatic heterocycles. The topological polar surface area (TPSA) is 68.4 Å². The van der Waals surface area contributed by atoms with Crippen LogP contribution in [0.25, 0.3) is 0 Å². The maximum Gasteiger partial charge on any atom is 0.239 e. The van der Waals surface area contributed by atoms with Crippen molar-refractivity contribution in [2.75, 3.05) is 66.6 Å². The Morgan fingerprint density at radius 2 is 1.79 bits per heavy atom. The minimum atomic E-state index is -0.0681. The fraction of sp³-hybridized carbons (Fsp3) is 0.905. The van der Waals surface area contributed by atoms with E-state index in [2.05, 4.69) is 34.1 Å². The number of likely N-dealkylation sites (tertiary alicyclic amines) is 1. The molecule has 4 saturated heterocycles. The van der Waals surface area contributed by atoms with Crippen LogP contribution in [-0.4, -0.2) is 122 Å². The Kier molecular flexibility index (Phi) is 6.73. The van der Waals surface area contributed by atoms with Crippen LogP contribution in [0.3, 0.4) is 0 Å². The van der Waals surface area contributed by atoms with Crippen LogP contribution in [0.2, 0.25) is 0 Å². The van der Waals surface area contributed by atoms with Gasteiger partial charge >= 0.3 is 0 Å². The summed E-state index contributed by atoms with van der Waals surface area (Å²) in [5, 5.41) is 3.19. The summed E-state index contributed by atoms with van der Waals surface area (Å²) in [6.07, 6.45) is 4.43. The van der Waals surface area contributed by atoms with E-state index in [4.69, 9.17) is 4.74 Å². The molecule has 0 saturated carbocycles. The third-order valence-corrected chi connectivity index (χ3v) is 7.49. The van der Waals surface area contributed by atoms with Crippen LogP contribution in [0.1, 0.15) is 32.1 Å². The van der Waals surface area contributed by atoms with Crippen LogP contribution in [0.5, 0.6) is 0 Å². The van der Waals surface area contributed by atoms with Crippen LogP contribution < -0.4 is 5.32 Å². The lowest BCUT2D eigenvalue weighted by Gasteiger charge is -2.37. The summed E-state index contributed by atoms with van der Waals surface area (Å²) in [6.45, 7) is 6.78. The average molecular weight is 408 g/mol. The van der Waals surface area contributed by atoms with Crippen molar-refractivity contribution in [3.63, 3.8) is 0 Å². The molecule has 4 aliphatic rings. The van der Waals surface area contributed by atoms with Crippen LogP contribution in [0.15, 0.2) is 0 Å². The van der Waals surface area contributed by atoms with Crippen molar-refractivity contribution in [2.24, 2.45) is 0 Å². The molecule has 8 heteroatoms. The summed E-state index contributed by atoms with van der Waals surface area (Å²) in [5.41, 5.74) is 0. The van der Waals surface area contributed by atoms with E-state index >= 15 is 0 Å². The van der Waals surface area contributed by atoms with Gasteiger partial charge in [0.05, 0.1) is 0 Å². The zero-order valence-electron chi connectivity index (χ0n) is 18.0. The molecule has 1 N–H and O–H groups in total. The van der Waals surface area contributed by atoms with Crippen molar-refractivity contribution in [1.29, 1.82) is 0 Å². The second-order valence-electron chi connectivity index (χ2n) is 9.17. The highest BCUT2D eigenvalue weighted by Crippen LogP contribution is 2.31. The maximum atomic E-state index is 13.0. The number of nitrogens with zero attached hydrogens (tertiary/aromatic N) is 4. The molecule has 8 nitrogen and oxygen atoms in total. The normalized spacial score (nSPS) is 33.4. The van der Waals surface area contributed by atoms with Gasteiger partial charge in [-0.25, -0.2) is 0 Å². The predicted molar refractivity (Wildman–Crippen MR) is 111 cm³/mol. The first-order valence-corrected chi connectivity index (χ1v) is 11.3. The van der Waals surface area contributed by atoms with E-state index in [1.807, 2.05) is 4.90 Å². The first-order valence-electron chi connectivity index (χ1n) is 11.3. The maximum absolute atomic E-state index is 13.0. The highest BCUT2D eigenvalue weighted by Gasteiger charge is 2.47.